The van der Waals surface area contributed by atoms with Gasteiger partial charge in [0.15, 0.2) is 0 Å². The van der Waals surface area contributed by atoms with Gasteiger partial charge in [0.1, 0.15) is 0 Å². The van der Waals surface area contributed by atoms with E-state index in [2.05, 4.69) is 35.3 Å². The lowest BCUT2D eigenvalue weighted by molar-refractivity contribution is 0.270. The number of benzene rings is 2. The zero-order chi connectivity index (χ0) is 13.2. The third-order valence-corrected chi connectivity index (χ3v) is 3.47. The Balaban J connectivity index is 1.96. The Morgan fingerprint density at radius 2 is 1.89 bits per heavy atom. The summed E-state index contributed by atoms with van der Waals surface area (Å²) < 4.78 is 2.00. The maximum absolute atomic E-state index is 9.38. The van der Waals surface area contributed by atoms with Gasteiger partial charge in [-0.15, -0.1) is 0 Å². The molecule has 0 aliphatic heterocycles. The molecule has 3 heteroatoms. The Kier molecular flexibility index (Phi) is 3.05. The van der Waals surface area contributed by atoms with Crippen LogP contribution in [0.15, 0.2) is 48.8 Å². The van der Waals surface area contributed by atoms with Crippen LogP contribution in [0.25, 0.3) is 10.8 Å². The molecule has 3 nitrogen and oxygen atoms in total. The molecule has 0 saturated heterocycles. The van der Waals surface area contributed by atoms with Crippen molar-refractivity contribution in [1.29, 1.82) is 0 Å². The predicted molar refractivity (Wildman–Crippen MR) is 75.9 cm³/mol. The molecule has 1 heterocycles. The maximum atomic E-state index is 9.38. The minimum absolute atomic E-state index is 0.0272. The Morgan fingerprint density at radius 1 is 1.11 bits per heavy atom. The highest BCUT2D eigenvalue weighted by molar-refractivity contribution is 5.82. The highest BCUT2D eigenvalue weighted by Crippen LogP contribution is 2.17. The van der Waals surface area contributed by atoms with E-state index < -0.39 is 0 Å². The molecule has 3 rings (SSSR count). The molecule has 2 aromatic carbocycles. The van der Waals surface area contributed by atoms with Gasteiger partial charge < -0.3 is 9.67 Å². The van der Waals surface area contributed by atoms with Crippen molar-refractivity contribution in [3.8, 4) is 0 Å². The minimum Gasteiger partial charge on any atom is -0.390 e. The number of hydrogen-bond donors (Lipinski definition) is 1. The SMILES string of the molecule is Cc1ncn(Cc2ccc3ccccc3c2)c1CO. The van der Waals surface area contributed by atoms with Crippen molar-refractivity contribution in [2.75, 3.05) is 0 Å². The molecule has 1 aromatic heterocycles. The fourth-order valence-corrected chi connectivity index (χ4v) is 2.38. The summed E-state index contributed by atoms with van der Waals surface area (Å²) in [7, 11) is 0. The molecule has 0 saturated carbocycles. The molecule has 0 spiro atoms. The first-order valence-corrected chi connectivity index (χ1v) is 6.37. The highest BCUT2D eigenvalue weighted by Gasteiger charge is 2.06. The van der Waals surface area contributed by atoms with Gasteiger partial charge in [-0.3, -0.25) is 0 Å². The van der Waals surface area contributed by atoms with Gasteiger partial charge in [0.2, 0.25) is 0 Å². The number of aliphatic hydroxyl groups excluding tert-OH is 1. The number of aliphatic hydroxyl groups is 1. The van der Waals surface area contributed by atoms with Crippen molar-refractivity contribution in [2.24, 2.45) is 0 Å². The lowest BCUT2D eigenvalue weighted by atomic mass is 10.1. The summed E-state index contributed by atoms with van der Waals surface area (Å²) in [5.41, 5.74) is 2.99. The van der Waals surface area contributed by atoms with Crippen molar-refractivity contribution in [1.82, 2.24) is 9.55 Å². The van der Waals surface area contributed by atoms with Crippen LogP contribution in [0.3, 0.4) is 0 Å². The Morgan fingerprint density at radius 3 is 2.68 bits per heavy atom. The van der Waals surface area contributed by atoms with E-state index in [0.29, 0.717) is 0 Å². The van der Waals surface area contributed by atoms with Crippen LogP contribution in [-0.2, 0) is 13.2 Å². The lowest BCUT2D eigenvalue weighted by Crippen LogP contribution is -2.04. The van der Waals surface area contributed by atoms with Crippen LogP contribution < -0.4 is 0 Å². The number of nitrogens with zero attached hydrogens (tertiary/aromatic N) is 2. The summed E-state index contributed by atoms with van der Waals surface area (Å²) in [6, 6.07) is 14.8. The number of aromatic nitrogens is 2. The van der Waals surface area contributed by atoms with Gasteiger partial charge in [0, 0.05) is 6.54 Å². The number of aryl methyl sites for hydroxylation is 1. The molecule has 0 aliphatic rings. The van der Waals surface area contributed by atoms with Gasteiger partial charge >= 0.3 is 0 Å². The maximum Gasteiger partial charge on any atom is 0.0955 e. The van der Waals surface area contributed by atoms with Crippen molar-refractivity contribution < 1.29 is 5.11 Å². The Labute approximate surface area is 112 Å². The van der Waals surface area contributed by atoms with Crippen LogP contribution in [0.1, 0.15) is 17.0 Å². The normalized spacial score (nSPS) is 11.1. The van der Waals surface area contributed by atoms with E-state index in [0.717, 1.165) is 17.9 Å². The Bertz CT molecular complexity index is 716. The third-order valence-electron chi connectivity index (χ3n) is 3.47. The first-order valence-electron chi connectivity index (χ1n) is 6.37. The Hall–Kier alpha value is -2.13. The van der Waals surface area contributed by atoms with Crippen LogP contribution in [0.5, 0.6) is 0 Å². The molecule has 0 unspecified atom stereocenters. The number of hydrogen-bond acceptors (Lipinski definition) is 2. The predicted octanol–water partition coefficient (Wildman–Crippen LogP) is 2.89. The molecule has 96 valence electrons. The number of fused-ring (bicyclic) bond motifs is 1. The van der Waals surface area contributed by atoms with Crippen molar-refractivity contribution in [3.05, 3.63) is 65.7 Å². The summed E-state index contributed by atoms with van der Waals surface area (Å²) in [4.78, 5) is 4.25. The van der Waals surface area contributed by atoms with Gasteiger partial charge in [-0.25, -0.2) is 4.98 Å². The molecular formula is C16H16N2O. The molecule has 0 bridgehead atoms. The topological polar surface area (TPSA) is 38.0 Å². The standard InChI is InChI=1S/C16H16N2O/c1-12-16(10-19)18(11-17-12)9-13-6-7-14-4-2-3-5-15(14)8-13/h2-8,11,19H,9-10H2,1H3. The van der Waals surface area contributed by atoms with E-state index in [1.807, 2.05) is 23.6 Å². The summed E-state index contributed by atoms with van der Waals surface area (Å²) >= 11 is 0. The van der Waals surface area contributed by atoms with E-state index in [9.17, 15) is 5.11 Å². The van der Waals surface area contributed by atoms with E-state index in [1.54, 1.807) is 6.33 Å². The average Bonchev–Trinajstić information content (AvgIpc) is 2.79. The smallest absolute Gasteiger partial charge is 0.0955 e. The fraction of sp³-hybridized carbons (Fsp3) is 0.188. The first kappa shape index (κ1) is 11.9. The molecule has 1 N–H and O–H groups in total. The lowest BCUT2D eigenvalue weighted by Gasteiger charge is -2.08. The fourth-order valence-electron chi connectivity index (χ4n) is 2.38. The molecule has 3 aromatic rings. The minimum atomic E-state index is 0.0272. The van der Waals surface area contributed by atoms with Crippen LogP contribution in [0, 0.1) is 6.92 Å². The summed E-state index contributed by atoms with van der Waals surface area (Å²) in [6.07, 6.45) is 1.79. The monoisotopic (exact) mass is 252 g/mol. The largest absolute Gasteiger partial charge is 0.390 e. The quantitative estimate of drug-likeness (QED) is 0.778. The first-order chi connectivity index (χ1) is 9.28. The second-order valence-corrected chi connectivity index (χ2v) is 4.74. The summed E-state index contributed by atoms with van der Waals surface area (Å²) in [5.74, 6) is 0. The zero-order valence-corrected chi connectivity index (χ0v) is 10.9. The molecule has 0 radical (unpaired) electrons. The average molecular weight is 252 g/mol. The van der Waals surface area contributed by atoms with E-state index in [4.69, 9.17) is 0 Å². The number of imidazole rings is 1. The van der Waals surface area contributed by atoms with Gasteiger partial charge in [0.25, 0.3) is 0 Å². The highest BCUT2D eigenvalue weighted by atomic mass is 16.3. The third kappa shape index (κ3) is 2.25. The van der Waals surface area contributed by atoms with E-state index >= 15 is 0 Å². The summed E-state index contributed by atoms with van der Waals surface area (Å²) in [5, 5.41) is 11.9. The van der Waals surface area contributed by atoms with Gasteiger partial charge in [-0.2, -0.15) is 0 Å². The van der Waals surface area contributed by atoms with Crippen molar-refractivity contribution in [2.45, 2.75) is 20.1 Å². The molecule has 0 fully saturated rings. The van der Waals surface area contributed by atoms with Crippen LogP contribution >= 0.6 is 0 Å². The number of rotatable bonds is 3. The second kappa shape index (κ2) is 4.86. The van der Waals surface area contributed by atoms with Crippen LogP contribution in [0.4, 0.5) is 0 Å². The van der Waals surface area contributed by atoms with Crippen molar-refractivity contribution in [3.63, 3.8) is 0 Å². The van der Waals surface area contributed by atoms with Crippen LogP contribution in [0.2, 0.25) is 0 Å². The second-order valence-electron chi connectivity index (χ2n) is 4.74. The zero-order valence-electron chi connectivity index (χ0n) is 10.9. The van der Waals surface area contributed by atoms with Gasteiger partial charge in [-0.1, -0.05) is 36.4 Å². The molecule has 19 heavy (non-hydrogen) atoms. The molecule has 0 aliphatic carbocycles. The summed E-state index contributed by atoms with van der Waals surface area (Å²) in [6.45, 7) is 2.68. The van der Waals surface area contributed by atoms with E-state index in [1.165, 1.54) is 16.3 Å². The van der Waals surface area contributed by atoms with Gasteiger partial charge in [-0.05, 0) is 29.3 Å². The van der Waals surface area contributed by atoms with Crippen molar-refractivity contribution >= 4 is 10.8 Å². The van der Waals surface area contributed by atoms with Crippen LogP contribution in [-0.4, -0.2) is 14.7 Å². The molecule has 0 amide bonds. The molecular weight excluding hydrogens is 236 g/mol. The molecule has 0 atom stereocenters. The van der Waals surface area contributed by atoms with Gasteiger partial charge in [0.05, 0.1) is 24.3 Å². The van der Waals surface area contributed by atoms with E-state index in [-0.39, 0.29) is 6.61 Å².